The highest BCUT2D eigenvalue weighted by Gasteiger charge is 2.27. The lowest BCUT2D eigenvalue weighted by Crippen LogP contribution is -2.34. The molecule has 0 fully saturated rings. The second kappa shape index (κ2) is 4.98. The Morgan fingerprint density at radius 3 is 2.53 bits per heavy atom. The molecule has 0 saturated carbocycles. The van der Waals surface area contributed by atoms with Crippen molar-refractivity contribution in [2.45, 2.75) is 12.2 Å². The molecule has 0 spiro atoms. The van der Waals surface area contributed by atoms with Gasteiger partial charge in [-0.3, -0.25) is 4.79 Å². The summed E-state index contributed by atoms with van der Waals surface area (Å²) < 4.78 is 18.3. The number of halogens is 1. The summed E-state index contributed by atoms with van der Waals surface area (Å²) in [6, 6.07) is 2.02. The molecular weight excluding hydrogens is 231 g/mol. The minimum absolute atomic E-state index is 0.0366. The van der Waals surface area contributed by atoms with Crippen LogP contribution in [-0.4, -0.2) is 29.3 Å². The molecule has 7 heteroatoms. The van der Waals surface area contributed by atoms with Gasteiger partial charge in [-0.15, -0.1) is 0 Å². The first-order chi connectivity index (χ1) is 7.88. The largest absolute Gasteiger partial charge is 0.495 e. The van der Waals surface area contributed by atoms with Gasteiger partial charge >= 0.3 is 0 Å². The minimum Gasteiger partial charge on any atom is -0.495 e. The van der Waals surface area contributed by atoms with Crippen molar-refractivity contribution >= 4 is 11.6 Å². The number of methoxy groups -OCH3 is 1. The number of carbonyl (C=O) groups is 1. The molecule has 1 aromatic rings. The zero-order valence-electron chi connectivity index (χ0n) is 9.05. The molecular formula is C10H13FN2O4. The lowest BCUT2D eigenvalue weighted by atomic mass is 10.0. The predicted molar refractivity (Wildman–Crippen MR) is 57.5 cm³/mol. The molecule has 17 heavy (non-hydrogen) atoms. The Labute approximate surface area is 96.6 Å². The van der Waals surface area contributed by atoms with Crippen LogP contribution in [0.1, 0.15) is 11.7 Å². The van der Waals surface area contributed by atoms with Crippen LogP contribution in [0.25, 0.3) is 0 Å². The van der Waals surface area contributed by atoms with Crippen molar-refractivity contribution in [3.8, 4) is 5.75 Å². The summed E-state index contributed by atoms with van der Waals surface area (Å²) in [4.78, 5) is 10.7. The molecule has 6 N–H and O–H groups in total. The number of hydrogen-bond acceptors (Lipinski definition) is 5. The highest BCUT2D eigenvalue weighted by Crippen LogP contribution is 2.29. The fraction of sp³-hybridized carbons (Fsp3) is 0.300. The molecule has 0 aliphatic rings. The molecule has 0 aliphatic carbocycles. The third kappa shape index (κ3) is 2.63. The standard InChI is InChI=1S/C10H13FN2O4/c1-17-7-2-4(5(11)3-6(7)12)8(14)9(15)10(13)16/h2-3,8-9,14-15H,12H2,1H3,(H2,13,16). The number of amides is 1. The lowest BCUT2D eigenvalue weighted by molar-refractivity contribution is -0.132. The van der Waals surface area contributed by atoms with E-state index in [9.17, 15) is 19.4 Å². The van der Waals surface area contributed by atoms with Crippen molar-refractivity contribution in [1.29, 1.82) is 0 Å². The number of anilines is 1. The van der Waals surface area contributed by atoms with Gasteiger partial charge in [0.25, 0.3) is 0 Å². The number of hydrogen-bond donors (Lipinski definition) is 4. The van der Waals surface area contributed by atoms with Gasteiger partial charge in [-0.25, -0.2) is 4.39 Å². The van der Waals surface area contributed by atoms with E-state index in [4.69, 9.17) is 16.2 Å². The summed E-state index contributed by atoms with van der Waals surface area (Å²) in [6.07, 6.45) is -3.68. The van der Waals surface area contributed by atoms with E-state index in [1.54, 1.807) is 0 Å². The van der Waals surface area contributed by atoms with E-state index in [1.807, 2.05) is 0 Å². The van der Waals surface area contributed by atoms with Crippen molar-refractivity contribution in [3.63, 3.8) is 0 Å². The Balaban J connectivity index is 3.17. The molecule has 1 aromatic carbocycles. The quantitative estimate of drug-likeness (QED) is 0.522. The van der Waals surface area contributed by atoms with Crippen LogP contribution < -0.4 is 16.2 Å². The number of carbonyl (C=O) groups excluding carboxylic acids is 1. The van der Waals surface area contributed by atoms with Crippen molar-refractivity contribution in [2.75, 3.05) is 12.8 Å². The van der Waals surface area contributed by atoms with Crippen LogP contribution in [0.3, 0.4) is 0 Å². The Hall–Kier alpha value is -1.86. The Morgan fingerprint density at radius 1 is 1.47 bits per heavy atom. The fourth-order valence-corrected chi connectivity index (χ4v) is 1.31. The summed E-state index contributed by atoms with van der Waals surface area (Å²) in [5.74, 6) is -1.90. The van der Waals surface area contributed by atoms with E-state index < -0.39 is 23.9 Å². The van der Waals surface area contributed by atoms with Gasteiger partial charge in [0.1, 0.15) is 17.7 Å². The zero-order valence-corrected chi connectivity index (χ0v) is 9.05. The first kappa shape index (κ1) is 13.2. The Bertz CT molecular complexity index is 439. The smallest absolute Gasteiger partial charge is 0.249 e. The van der Waals surface area contributed by atoms with Gasteiger partial charge in [-0.05, 0) is 6.07 Å². The van der Waals surface area contributed by atoms with Gasteiger partial charge < -0.3 is 26.4 Å². The number of rotatable bonds is 4. The summed E-state index contributed by atoms with van der Waals surface area (Å²) in [6.45, 7) is 0. The molecule has 0 saturated heterocycles. The summed E-state index contributed by atoms with van der Waals surface area (Å²) >= 11 is 0. The van der Waals surface area contributed by atoms with Gasteiger partial charge in [0.15, 0.2) is 6.10 Å². The first-order valence-electron chi connectivity index (χ1n) is 4.66. The Kier molecular flexibility index (Phi) is 3.87. The highest BCUT2D eigenvalue weighted by molar-refractivity contribution is 5.79. The second-order valence-corrected chi connectivity index (χ2v) is 3.41. The number of nitrogen functional groups attached to an aromatic ring is 1. The molecule has 6 nitrogen and oxygen atoms in total. The monoisotopic (exact) mass is 244 g/mol. The maximum Gasteiger partial charge on any atom is 0.249 e. The van der Waals surface area contributed by atoms with Crippen molar-refractivity contribution < 1.29 is 24.1 Å². The molecule has 0 aliphatic heterocycles. The zero-order chi connectivity index (χ0) is 13.2. The summed E-state index contributed by atoms with van der Waals surface area (Å²) in [7, 11) is 1.31. The number of primary amides is 1. The Morgan fingerprint density at radius 2 is 2.06 bits per heavy atom. The van der Waals surface area contributed by atoms with E-state index in [2.05, 4.69) is 0 Å². The average molecular weight is 244 g/mol. The maximum atomic E-state index is 13.5. The van der Waals surface area contributed by atoms with E-state index in [0.29, 0.717) is 0 Å². The third-order valence-corrected chi connectivity index (χ3v) is 2.26. The van der Waals surface area contributed by atoms with E-state index in [-0.39, 0.29) is 17.0 Å². The van der Waals surface area contributed by atoms with Crippen LogP contribution in [0.4, 0.5) is 10.1 Å². The van der Waals surface area contributed by atoms with Crippen molar-refractivity contribution in [3.05, 3.63) is 23.5 Å². The van der Waals surface area contributed by atoms with Crippen LogP contribution >= 0.6 is 0 Å². The van der Waals surface area contributed by atoms with Crippen LogP contribution in [0.15, 0.2) is 12.1 Å². The molecule has 0 radical (unpaired) electrons. The average Bonchev–Trinajstić information content (AvgIpc) is 2.27. The minimum atomic E-state index is -1.90. The van der Waals surface area contributed by atoms with Gasteiger partial charge in [0.05, 0.1) is 12.8 Å². The highest BCUT2D eigenvalue weighted by atomic mass is 19.1. The lowest BCUT2D eigenvalue weighted by Gasteiger charge is -2.17. The summed E-state index contributed by atoms with van der Waals surface area (Å²) in [5.41, 5.74) is 9.95. The molecule has 0 aromatic heterocycles. The SMILES string of the molecule is COc1cc(C(O)C(O)C(N)=O)c(F)cc1N. The van der Waals surface area contributed by atoms with Crippen LogP contribution in [0.2, 0.25) is 0 Å². The van der Waals surface area contributed by atoms with Gasteiger partial charge in [0, 0.05) is 11.6 Å². The number of aliphatic hydroxyl groups excluding tert-OH is 2. The normalized spacial score (nSPS) is 14.1. The van der Waals surface area contributed by atoms with Gasteiger partial charge in [-0.1, -0.05) is 0 Å². The molecule has 2 unspecified atom stereocenters. The molecule has 0 bridgehead atoms. The van der Waals surface area contributed by atoms with E-state index in [1.165, 1.54) is 7.11 Å². The third-order valence-electron chi connectivity index (χ3n) is 2.26. The molecule has 2 atom stereocenters. The number of nitrogens with two attached hydrogens (primary N) is 2. The molecule has 1 rings (SSSR count). The topological polar surface area (TPSA) is 119 Å². The molecule has 94 valence electrons. The molecule has 0 heterocycles. The van der Waals surface area contributed by atoms with Gasteiger partial charge in [0.2, 0.25) is 5.91 Å². The molecule has 1 amide bonds. The van der Waals surface area contributed by atoms with Crippen LogP contribution in [-0.2, 0) is 4.79 Å². The van der Waals surface area contributed by atoms with E-state index >= 15 is 0 Å². The summed E-state index contributed by atoms with van der Waals surface area (Å²) in [5, 5.41) is 18.8. The maximum absolute atomic E-state index is 13.5. The van der Waals surface area contributed by atoms with E-state index in [0.717, 1.165) is 12.1 Å². The first-order valence-corrected chi connectivity index (χ1v) is 4.66. The van der Waals surface area contributed by atoms with Crippen molar-refractivity contribution in [1.82, 2.24) is 0 Å². The number of aliphatic hydroxyl groups is 2. The second-order valence-electron chi connectivity index (χ2n) is 3.41. The van der Waals surface area contributed by atoms with Gasteiger partial charge in [-0.2, -0.15) is 0 Å². The van der Waals surface area contributed by atoms with Crippen LogP contribution in [0.5, 0.6) is 5.75 Å². The number of benzene rings is 1. The van der Waals surface area contributed by atoms with Crippen molar-refractivity contribution in [2.24, 2.45) is 5.73 Å². The number of ether oxygens (including phenoxy) is 1. The predicted octanol–water partition coefficient (Wildman–Crippen LogP) is -0.704. The van der Waals surface area contributed by atoms with Crippen LogP contribution in [0, 0.1) is 5.82 Å². The fourth-order valence-electron chi connectivity index (χ4n) is 1.31.